The van der Waals surface area contributed by atoms with Crippen LogP contribution in [-0.4, -0.2) is 25.0 Å². The third-order valence-corrected chi connectivity index (χ3v) is 4.45. The minimum atomic E-state index is 0.272. The van der Waals surface area contributed by atoms with Gasteiger partial charge in [-0.1, -0.05) is 20.8 Å². The third-order valence-electron chi connectivity index (χ3n) is 4.45. The van der Waals surface area contributed by atoms with Gasteiger partial charge in [-0.3, -0.25) is 4.79 Å². The molecule has 1 amide bonds. The van der Waals surface area contributed by atoms with Crippen LogP contribution in [-0.2, 0) is 4.79 Å². The molecule has 98 valence electrons. The van der Waals surface area contributed by atoms with E-state index in [2.05, 4.69) is 31.4 Å². The van der Waals surface area contributed by atoms with Crippen LogP contribution in [0.1, 0.15) is 46.5 Å². The molecule has 0 aromatic heterocycles. The fourth-order valence-electron chi connectivity index (χ4n) is 2.93. The molecule has 2 rings (SSSR count). The lowest BCUT2D eigenvalue weighted by molar-refractivity contribution is -0.127. The average Bonchev–Trinajstić information content (AvgIpc) is 2.22. The van der Waals surface area contributed by atoms with Crippen molar-refractivity contribution in [1.29, 1.82) is 0 Å². The van der Waals surface area contributed by atoms with Crippen molar-refractivity contribution in [1.82, 2.24) is 10.6 Å². The molecule has 0 aromatic carbocycles. The Bertz CT molecular complexity index is 270. The predicted octanol–water partition coefficient (Wildman–Crippen LogP) is 1.93. The zero-order valence-corrected chi connectivity index (χ0v) is 11.4. The van der Waals surface area contributed by atoms with Crippen molar-refractivity contribution >= 4 is 5.91 Å². The highest BCUT2D eigenvalue weighted by Gasteiger charge is 2.33. The highest BCUT2D eigenvalue weighted by atomic mass is 16.2. The van der Waals surface area contributed by atoms with Gasteiger partial charge in [-0.05, 0) is 37.0 Å². The number of rotatable bonds is 2. The van der Waals surface area contributed by atoms with Crippen molar-refractivity contribution < 1.29 is 4.79 Å². The first kappa shape index (κ1) is 12.9. The SMILES string of the molecule is CC(C)(C)C1CCC(C(=O)NC2CNC2)CC1. The second kappa shape index (κ2) is 4.97. The van der Waals surface area contributed by atoms with Crippen LogP contribution in [0, 0.1) is 17.3 Å². The van der Waals surface area contributed by atoms with Gasteiger partial charge in [0.1, 0.15) is 0 Å². The Kier molecular flexibility index (Phi) is 3.76. The van der Waals surface area contributed by atoms with Crippen molar-refractivity contribution in [2.45, 2.75) is 52.5 Å². The van der Waals surface area contributed by atoms with Gasteiger partial charge in [0.2, 0.25) is 5.91 Å². The molecule has 3 heteroatoms. The number of carbonyl (C=O) groups is 1. The smallest absolute Gasteiger partial charge is 0.223 e. The van der Waals surface area contributed by atoms with E-state index in [4.69, 9.17) is 0 Å². The van der Waals surface area contributed by atoms with Gasteiger partial charge >= 0.3 is 0 Å². The second-order valence-corrected chi connectivity index (χ2v) is 6.78. The van der Waals surface area contributed by atoms with Gasteiger partial charge in [0.25, 0.3) is 0 Å². The fraction of sp³-hybridized carbons (Fsp3) is 0.929. The molecule has 17 heavy (non-hydrogen) atoms. The monoisotopic (exact) mass is 238 g/mol. The summed E-state index contributed by atoms with van der Waals surface area (Å²) < 4.78 is 0. The lowest BCUT2D eigenvalue weighted by Gasteiger charge is -2.37. The summed E-state index contributed by atoms with van der Waals surface area (Å²) in [6.45, 7) is 8.85. The number of nitrogens with one attached hydrogen (secondary N) is 2. The Balaban J connectivity index is 1.76. The van der Waals surface area contributed by atoms with Crippen LogP contribution in [0.2, 0.25) is 0 Å². The van der Waals surface area contributed by atoms with Crippen molar-refractivity contribution in [3.63, 3.8) is 0 Å². The van der Waals surface area contributed by atoms with Crippen LogP contribution in [0.3, 0.4) is 0 Å². The summed E-state index contributed by atoms with van der Waals surface area (Å²) in [6, 6.07) is 0.392. The molecule has 2 aliphatic rings. The van der Waals surface area contributed by atoms with Crippen LogP contribution >= 0.6 is 0 Å². The summed E-state index contributed by atoms with van der Waals surface area (Å²) in [5.74, 6) is 1.36. The van der Waals surface area contributed by atoms with E-state index in [0.717, 1.165) is 31.8 Å². The van der Waals surface area contributed by atoms with E-state index < -0.39 is 0 Å². The van der Waals surface area contributed by atoms with Gasteiger partial charge < -0.3 is 10.6 Å². The minimum Gasteiger partial charge on any atom is -0.351 e. The van der Waals surface area contributed by atoms with E-state index in [9.17, 15) is 4.79 Å². The lowest BCUT2D eigenvalue weighted by Crippen LogP contribution is -2.58. The molecular formula is C14H26N2O. The Hall–Kier alpha value is -0.570. The summed E-state index contributed by atoms with van der Waals surface area (Å²) in [6.07, 6.45) is 4.58. The zero-order valence-electron chi connectivity index (χ0n) is 11.4. The molecule has 1 saturated carbocycles. The van der Waals surface area contributed by atoms with Gasteiger partial charge in [0.15, 0.2) is 0 Å². The highest BCUT2D eigenvalue weighted by Crippen LogP contribution is 2.39. The summed E-state index contributed by atoms with van der Waals surface area (Å²) >= 11 is 0. The maximum atomic E-state index is 12.0. The van der Waals surface area contributed by atoms with Crippen molar-refractivity contribution in [3.8, 4) is 0 Å². The first-order valence-electron chi connectivity index (χ1n) is 6.98. The molecule has 1 aliphatic carbocycles. The molecule has 0 atom stereocenters. The summed E-state index contributed by atoms with van der Waals surface area (Å²) in [7, 11) is 0. The van der Waals surface area contributed by atoms with Crippen molar-refractivity contribution in [3.05, 3.63) is 0 Å². The Morgan fingerprint density at radius 2 is 1.71 bits per heavy atom. The van der Waals surface area contributed by atoms with Gasteiger partial charge in [-0.2, -0.15) is 0 Å². The number of carbonyl (C=O) groups excluding carboxylic acids is 1. The Morgan fingerprint density at radius 3 is 2.12 bits per heavy atom. The number of hydrogen-bond acceptors (Lipinski definition) is 2. The molecule has 0 radical (unpaired) electrons. The molecule has 1 heterocycles. The molecule has 1 aliphatic heterocycles. The van der Waals surface area contributed by atoms with Crippen LogP contribution in [0.4, 0.5) is 0 Å². The fourth-order valence-corrected chi connectivity index (χ4v) is 2.93. The lowest BCUT2D eigenvalue weighted by atomic mass is 9.69. The standard InChI is InChI=1S/C14H26N2O/c1-14(2,3)11-6-4-10(5-7-11)13(17)16-12-8-15-9-12/h10-12,15H,4-9H2,1-3H3,(H,16,17). The van der Waals surface area contributed by atoms with Crippen molar-refractivity contribution in [2.75, 3.05) is 13.1 Å². The molecule has 0 bridgehead atoms. The van der Waals surface area contributed by atoms with E-state index >= 15 is 0 Å². The predicted molar refractivity (Wildman–Crippen MR) is 69.7 cm³/mol. The first-order chi connectivity index (χ1) is 7.97. The molecule has 3 nitrogen and oxygen atoms in total. The average molecular weight is 238 g/mol. The maximum absolute atomic E-state index is 12.0. The van der Waals surface area contributed by atoms with E-state index in [1.54, 1.807) is 0 Å². The van der Waals surface area contributed by atoms with E-state index in [1.165, 1.54) is 12.8 Å². The molecule has 0 unspecified atom stereocenters. The molecule has 1 saturated heterocycles. The highest BCUT2D eigenvalue weighted by molar-refractivity contribution is 5.79. The number of hydrogen-bond donors (Lipinski definition) is 2. The van der Waals surface area contributed by atoms with Crippen LogP contribution in [0.5, 0.6) is 0 Å². The quantitative estimate of drug-likeness (QED) is 0.772. The number of amides is 1. The minimum absolute atomic E-state index is 0.272. The van der Waals surface area contributed by atoms with Gasteiger partial charge in [-0.15, -0.1) is 0 Å². The topological polar surface area (TPSA) is 41.1 Å². The van der Waals surface area contributed by atoms with E-state index in [-0.39, 0.29) is 5.92 Å². The van der Waals surface area contributed by atoms with Gasteiger partial charge in [0.05, 0.1) is 6.04 Å². The Labute approximate surface area is 105 Å². The summed E-state index contributed by atoms with van der Waals surface area (Å²) in [5, 5.41) is 6.32. The normalized spacial score (nSPS) is 30.8. The van der Waals surface area contributed by atoms with Crippen LogP contribution in [0.25, 0.3) is 0 Å². The molecule has 0 aromatic rings. The van der Waals surface area contributed by atoms with E-state index in [1.807, 2.05) is 0 Å². The van der Waals surface area contributed by atoms with E-state index in [0.29, 0.717) is 17.4 Å². The summed E-state index contributed by atoms with van der Waals surface area (Å²) in [5.41, 5.74) is 0.402. The van der Waals surface area contributed by atoms with Gasteiger partial charge in [0, 0.05) is 19.0 Å². The molecule has 2 N–H and O–H groups in total. The zero-order chi connectivity index (χ0) is 12.5. The van der Waals surface area contributed by atoms with Crippen LogP contribution in [0.15, 0.2) is 0 Å². The molecule has 0 spiro atoms. The largest absolute Gasteiger partial charge is 0.351 e. The first-order valence-corrected chi connectivity index (χ1v) is 6.98. The van der Waals surface area contributed by atoms with Crippen molar-refractivity contribution in [2.24, 2.45) is 17.3 Å². The second-order valence-electron chi connectivity index (χ2n) is 6.78. The molecular weight excluding hydrogens is 212 g/mol. The molecule has 2 fully saturated rings. The Morgan fingerprint density at radius 1 is 1.12 bits per heavy atom. The van der Waals surface area contributed by atoms with Crippen LogP contribution < -0.4 is 10.6 Å². The van der Waals surface area contributed by atoms with Gasteiger partial charge in [-0.25, -0.2) is 0 Å². The maximum Gasteiger partial charge on any atom is 0.223 e. The summed E-state index contributed by atoms with van der Waals surface area (Å²) in [4.78, 5) is 12.0. The third kappa shape index (κ3) is 3.21.